The van der Waals surface area contributed by atoms with Crippen molar-refractivity contribution in [2.75, 3.05) is 26.2 Å². The van der Waals surface area contributed by atoms with Crippen LogP contribution in [0.4, 0.5) is 0 Å². The molecule has 2 rings (SSSR count). The van der Waals surface area contributed by atoms with Gasteiger partial charge in [0.2, 0.25) is 0 Å². The summed E-state index contributed by atoms with van der Waals surface area (Å²) in [4.78, 5) is 2.60. The highest BCUT2D eigenvalue weighted by atomic mass is 35.5. The van der Waals surface area contributed by atoms with E-state index in [0.29, 0.717) is 5.02 Å². The van der Waals surface area contributed by atoms with Gasteiger partial charge in [0, 0.05) is 0 Å². The minimum Gasteiger partial charge on any atom is -0.492 e. The molecule has 0 unspecified atom stereocenters. The Morgan fingerprint density at radius 2 is 1.79 bits per heavy atom. The number of hydrogen-bond acceptors (Lipinski definition) is 2. The van der Waals surface area contributed by atoms with Gasteiger partial charge in [-0.3, -0.25) is 0 Å². The number of rotatable bonds is 7. The lowest BCUT2D eigenvalue weighted by Crippen LogP contribution is -2.30. The van der Waals surface area contributed by atoms with Crippen LogP contribution in [0.5, 0.6) is 5.75 Å². The molecule has 19 heavy (non-hydrogen) atoms. The standard InChI is InChI=1S/C16H24ClNO/c17-15-9-3-4-10-16(15)19-14-8-2-7-13-18-11-5-1-6-12-18/h3-4,9-10H,1-2,5-8,11-14H2. The first-order chi connectivity index (χ1) is 9.36. The third kappa shape index (κ3) is 5.42. The molecule has 1 aliphatic heterocycles. The maximum Gasteiger partial charge on any atom is 0.137 e. The van der Waals surface area contributed by atoms with Gasteiger partial charge < -0.3 is 9.64 Å². The largest absolute Gasteiger partial charge is 0.492 e. The number of para-hydroxylation sites is 1. The lowest BCUT2D eigenvalue weighted by atomic mass is 10.1. The summed E-state index contributed by atoms with van der Waals surface area (Å²) in [6, 6.07) is 7.68. The molecule has 0 N–H and O–H groups in total. The maximum absolute atomic E-state index is 6.03. The fraction of sp³-hybridized carbons (Fsp3) is 0.625. The molecule has 0 aromatic heterocycles. The summed E-state index contributed by atoms with van der Waals surface area (Å²) in [6.07, 6.45) is 7.82. The highest BCUT2D eigenvalue weighted by molar-refractivity contribution is 6.32. The summed E-state index contributed by atoms with van der Waals surface area (Å²) >= 11 is 6.03. The van der Waals surface area contributed by atoms with E-state index in [4.69, 9.17) is 16.3 Å². The summed E-state index contributed by atoms with van der Waals surface area (Å²) in [7, 11) is 0. The first-order valence-corrected chi connectivity index (χ1v) is 7.84. The molecular weight excluding hydrogens is 258 g/mol. The third-order valence-corrected chi connectivity index (χ3v) is 3.97. The molecule has 1 fully saturated rings. The van der Waals surface area contributed by atoms with Crippen LogP contribution in [-0.4, -0.2) is 31.1 Å². The predicted molar refractivity (Wildman–Crippen MR) is 81.1 cm³/mol. The van der Waals surface area contributed by atoms with Crippen LogP contribution in [-0.2, 0) is 0 Å². The molecule has 0 saturated carbocycles. The number of ether oxygens (including phenoxy) is 1. The van der Waals surface area contributed by atoms with E-state index >= 15 is 0 Å². The van der Waals surface area contributed by atoms with E-state index in [0.717, 1.165) is 18.8 Å². The molecular formula is C16H24ClNO. The summed E-state index contributed by atoms with van der Waals surface area (Å²) in [5, 5.41) is 0.704. The Kier molecular flexibility index (Phi) is 6.52. The predicted octanol–water partition coefficient (Wildman–Crippen LogP) is 4.38. The van der Waals surface area contributed by atoms with Crippen LogP contribution in [0, 0.1) is 0 Å². The molecule has 0 atom stereocenters. The number of piperidine rings is 1. The second-order valence-electron chi connectivity index (χ2n) is 5.24. The van der Waals surface area contributed by atoms with Crippen molar-refractivity contribution in [2.24, 2.45) is 0 Å². The van der Waals surface area contributed by atoms with Gasteiger partial charge in [-0.05, 0) is 63.9 Å². The van der Waals surface area contributed by atoms with Gasteiger partial charge in [0.25, 0.3) is 0 Å². The fourth-order valence-corrected chi connectivity index (χ4v) is 2.73. The van der Waals surface area contributed by atoms with E-state index in [-0.39, 0.29) is 0 Å². The molecule has 0 spiro atoms. The maximum atomic E-state index is 6.03. The summed E-state index contributed by atoms with van der Waals surface area (Å²) in [5.74, 6) is 0.806. The number of benzene rings is 1. The Bertz CT molecular complexity index is 364. The van der Waals surface area contributed by atoms with Crippen LogP contribution >= 0.6 is 11.6 Å². The van der Waals surface area contributed by atoms with Crippen molar-refractivity contribution < 1.29 is 4.74 Å². The average molecular weight is 282 g/mol. The molecule has 106 valence electrons. The van der Waals surface area contributed by atoms with E-state index in [2.05, 4.69) is 4.90 Å². The van der Waals surface area contributed by atoms with Gasteiger partial charge in [-0.25, -0.2) is 0 Å². The number of halogens is 1. The minimum atomic E-state index is 0.704. The molecule has 0 radical (unpaired) electrons. The molecule has 0 bridgehead atoms. The number of unbranched alkanes of at least 4 members (excludes halogenated alkanes) is 2. The molecule has 1 aliphatic rings. The monoisotopic (exact) mass is 281 g/mol. The average Bonchev–Trinajstić information content (AvgIpc) is 2.45. The minimum absolute atomic E-state index is 0.704. The van der Waals surface area contributed by atoms with Gasteiger partial charge in [0.1, 0.15) is 5.75 Å². The third-order valence-electron chi connectivity index (χ3n) is 3.66. The van der Waals surface area contributed by atoms with Gasteiger partial charge >= 0.3 is 0 Å². The van der Waals surface area contributed by atoms with Crippen molar-refractivity contribution in [3.63, 3.8) is 0 Å². The zero-order chi connectivity index (χ0) is 13.3. The molecule has 1 saturated heterocycles. The Morgan fingerprint density at radius 3 is 2.58 bits per heavy atom. The van der Waals surface area contributed by atoms with Gasteiger partial charge in [0.05, 0.1) is 11.6 Å². The van der Waals surface area contributed by atoms with E-state index in [1.165, 1.54) is 51.7 Å². The van der Waals surface area contributed by atoms with Crippen LogP contribution < -0.4 is 4.74 Å². The highest BCUT2D eigenvalue weighted by Crippen LogP contribution is 2.23. The van der Waals surface area contributed by atoms with Crippen LogP contribution in [0.1, 0.15) is 38.5 Å². The zero-order valence-electron chi connectivity index (χ0n) is 11.6. The van der Waals surface area contributed by atoms with Crippen molar-refractivity contribution >= 4 is 11.6 Å². The van der Waals surface area contributed by atoms with Crippen LogP contribution in [0.2, 0.25) is 5.02 Å². The zero-order valence-corrected chi connectivity index (χ0v) is 12.4. The van der Waals surface area contributed by atoms with E-state index < -0.39 is 0 Å². The molecule has 0 amide bonds. The number of nitrogens with zero attached hydrogens (tertiary/aromatic N) is 1. The quantitative estimate of drug-likeness (QED) is 0.688. The van der Waals surface area contributed by atoms with Crippen molar-refractivity contribution in [3.05, 3.63) is 29.3 Å². The lowest BCUT2D eigenvalue weighted by molar-refractivity contribution is 0.221. The van der Waals surface area contributed by atoms with Gasteiger partial charge in [0.15, 0.2) is 0 Å². The van der Waals surface area contributed by atoms with Crippen LogP contribution in [0.15, 0.2) is 24.3 Å². The molecule has 1 aromatic carbocycles. The number of hydrogen-bond donors (Lipinski definition) is 0. The Labute approximate surface area is 121 Å². The normalized spacial score (nSPS) is 16.5. The summed E-state index contributed by atoms with van der Waals surface area (Å²) in [5.41, 5.74) is 0. The lowest BCUT2D eigenvalue weighted by Gasteiger charge is -2.26. The second kappa shape index (κ2) is 8.44. The van der Waals surface area contributed by atoms with Crippen molar-refractivity contribution in [1.29, 1.82) is 0 Å². The molecule has 1 heterocycles. The highest BCUT2D eigenvalue weighted by Gasteiger charge is 2.08. The smallest absolute Gasteiger partial charge is 0.137 e. The SMILES string of the molecule is Clc1ccccc1OCCCCCN1CCCCC1. The molecule has 2 nitrogen and oxygen atoms in total. The summed E-state index contributed by atoms with van der Waals surface area (Å²) < 4.78 is 5.68. The van der Waals surface area contributed by atoms with Crippen LogP contribution in [0.3, 0.4) is 0 Å². The first-order valence-electron chi connectivity index (χ1n) is 7.46. The van der Waals surface area contributed by atoms with E-state index in [9.17, 15) is 0 Å². The molecule has 3 heteroatoms. The van der Waals surface area contributed by atoms with E-state index in [1.54, 1.807) is 0 Å². The van der Waals surface area contributed by atoms with Crippen molar-refractivity contribution in [2.45, 2.75) is 38.5 Å². The summed E-state index contributed by atoms with van der Waals surface area (Å²) in [6.45, 7) is 4.63. The van der Waals surface area contributed by atoms with Crippen LogP contribution in [0.25, 0.3) is 0 Å². The Balaban J connectivity index is 1.51. The fourth-order valence-electron chi connectivity index (χ4n) is 2.54. The molecule has 1 aromatic rings. The van der Waals surface area contributed by atoms with Crippen molar-refractivity contribution in [3.8, 4) is 5.75 Å². The molecule has 0 aliphatic carbocycles. The number of likely N-dealkylation sites (tertiary alicyclic amines) is 1. The van der Waals surface area contributed by atoms with Gasteiger partial charge in [-0.15, -0.1) is 0 Å². The first kappa shape index (κ1) is 14.7. The Hall–Kier alpha value is -0.730. The Morgan fingerprint density at radius 1 is 1.00 bits per heavy atom. The van der Waals surface area contributed by atoms with Crippen molar-refractivity contribution in [1.82, 2.24) is 4.90 Å². The van der Waals surface area contributed by atoms with Gasteiger partial charge in [-0.1, -0.05) is 30.2 Å². The van der Waals surface area contributed by atoms with E-state index in [1.807, 2.05) is 24.3 Å². The topological polar surface area (TPSA) is 12.5 Å². The van der Waals surface area contributed by atoms with Gasteiger partial charge in [-0.2, -0.15) is 0 Å². The second-order valence-corrected chi connectivity index (χ2v) is 5.65.